The molecule has 160 valence electrons. The van der Waals surface area contributed by atoms with Gasteiger partial charge in [0.1, 0.15) is 12.4 Å². The highest BCUT2D eigenvalue weighted by molar-refractivity contribution is 5.94. The van der Waals surface area contributed by atoms with Crippen LogP contribution in [0.1, 0.15) is 33.5 Å². The van der Waals surface area contributed by atoms with Crippen LogP contribution < -0.4 is 5.32 Å². The van der Waals surface area contributed by atoms with E-state index >= 15 is 0 Å². The first kappa shape index (κ1) is 20.7. The minimum Gasteiger partial charge on any atom is -0.367 e. The van der Waals surface area contributed by atoms with Gasteiger partial charge < -0.3 is 15.0 Å². The topological polar surface area (TPSA) is 100 Å². The van der Waals surface area contributed by atoms with Crippen LogP contribution in [0.2, 0.25) is 0 Å². The van der Waals surface area contributed by atoms with Crippen molar-refractivity contribution in [2.75, 3.05) is 19.7 Å². The number of nitrogens with zero attached hydrogens (tertiary/aromatic N) is 3. The number of hydrogen-bond donors (Lipinski definition) is 2. The number of aromatic amines is 1. The minimum atomic E-state index is -0.291. The predicted octanol–water partition coefficient (Wildman–Crippen LogP) is 2.05. The minimum absolute atomic E-state index is 0.0199. The first-order valence-corrected chi connectivity index (χ1v) is 10.2. The van der Waals surface area contributed by atoms with Crippen LogP contribution >= 0.6 is 0 Å². The van der Waals surface area contributed by atoms with Gasteiger partial charge in [0.05, 0.1) is 18.6 Å². The molecule has 1 aliphatic heterocycles. The Morgan fingerprint density at radius 3 is 2.48 bits per heavy atom. The van der Waals surface area contributed by atoms with Crippen LogP contribution in [0.15, 0.2) is 60.7 Å². The summed E-state index contributed by atoms with van der Waals surface area (Å²) >= 11 is 0. The molecule has 1 aliphatic rings. The van der Waals surface area contributed by atoms with E-state index in [4.69, 9.17) is 4.74 Å². The number of aryl methyl sites for hydroxylation is 1. The first-order chi connectivity index (χ1) is 15.1. The molecule has 2 aromatic carbocycles. The summed E-state index contributed by atoms with van der Waals surface area (Å²) in [4.78, 5) is 31.6. The lowest BCUT2D eigenvalue weighted by atomic mass is 10.0. The zero-order valence-corrected chi connectivity index (χ0v) is 17.3. The second kappa shape index (κ2) is 9.53. The third-order valence-electron chi connectivity index (χ3n) is 5.31. The Kier molecular flexibility index (Phi) is 6.37. The number of H-pyrrole nitrogens is 1. The Morgan fingerprint density at radius 2 is 1.81 bits per heavy atom. The van der Waals surface area contributed by atoms with Gasteiger partial charge in [-0.25, -0.2) is 4.98 Å². The fraction of sp³-hybridized carbons (Fsp3) is 0.304. The molecule has 2 amide bonds. The Labute approximate surface area is 180 Å². The summed E-state index contributed by atoms with van der Waals surface area (Å²) in [5, 5.41) is 10.2. The summed E-state index contributed by atoms with van der Waals surface area (Å²) in [7, 11) is 0. The molecule has 2 atom stereocenters. The summed E-state index contributed by atoms with van der Waals surface area (Å²) in [6.07, 6.45) is 0. The lowest BCUT2D eigenvalue weighted by Gasteiger charge is -2.18. The Bertz CT molecular complexity index is 1020. The van der Waals surface area contributed by atoms with Crippen LogP contribution in [0.4, 0.5) is 0 Å². The normalized spacial score (nSPS) is 18.2. The monoisotopic (exact) mass is 419 g/mol. The number of ether oxygens (including phenoxy) is 1. The number of carbonyl (C=O) groups excluding carboxylic acids is 2. The molecule has 1 fully saturated rings. The van der Waals surface area contributed by atoms with Crippen LogP contribution in [0.5, 0.6) is 0 Å². The second-order valence-corrected chi connectivity index (χ2v) is 7.61. The Balaban J connectivity index is 1.41. The average Bonchev–Trinajstić information content (AvgIpc) is 3.41. The number of benzene rings is 2. The van der Waals surface area contributed by atoms with Gasteiger partial charge in [0.15, 0.2) is 5.82 Å². The van der Waals surface area contributed by atoms with Crippen molar-refractivity contribution >= 4 is 11.8 Å². The van der Waals surface area contributed by atoms with Crippen LogP contribution in [0.3, 0.4) is 0 Å². The smallest absolute Gasteiger partial charge is 0.251 e. The molecule has 0 spiro atoms. The van der Waals surface area contributed by atoms with Gasteiger partial charge in [-0.2, -0.15) is 5.10 Å². The van der Waals surface area contributed by atoms with Crippen molar-refractivity contribution in [3.63, 3.8) is 0 Å². The van der Waals surface area contributed by atoms with Crippen LogP contribution in [-0.2, 0) is 16.1 Å². The predicted molar refractivity (Wildman–Crippen MR) is 114 cm³/mol. The molecule has 8 nitrogen and oxygen atoms in total. The lowest BCUT2D eigenvalue weighted by Crippen LogP contribution is -2.41. The molecule has 1 saturated heterocycles. The highest BCUT2D eigenvalue weighted by atomic mass is 16.5. The lowest BCUT2D eigenvalue weighted by molar-refractivity contribution is -0.135. The van der Waals surface area contributed by atoms with Crippen LogP contribution in [-0.4, -0.2) is 57.6 Å². The van der Waals surface area contributed by atoms with E-state index in [1.54, 1.807) is 17.0 Å². The van der Waals surface area contributed by atoms with Gasteiger partial charge in [-0.1, -0.05) is 48.5 Å². The van der Waals surface area contributed by atoms with E-state index in [-0.39, 0.29) is 30.4 Å². The van der Waals surface area contributed by atoms with Crippen molar-refractivity contribution < 1.29 is 14.3 Å². The molecule has 0 saturated carbocycles. The number of likely N-dealkylation sites (tertiary alicyclic amines) is 1. The van der Waals surface area contributed by atoms with Crippen molar-refractivity contribution in [3.05, 3.63) is 83.4 Å². The van der Waals surface area contributed by atoms with Gasteiger partial charge in [0.2, 0.25) is 5.91 Å². The number of aromatic nitrogens is 3. The molecular weight excluding hydrogens is 394 g/mol. The van der Waals surface area contributed by atoms with Crippen LogP contribution in [0, 0.1) is 6.92 Å². The summed E-state index contributed by atoms with van der Waals surface area (Å²) < 4.78 is 5.61. The quantitative estimate of drug-likeness (QED) is 0.611. The third-order valence-corrected chi connectivity index (χ3v) is 5.31. The van der Waals surface area contributed by atoms with Crippen LogP contribution in [0.25, 0.3) is 0 Å². The maximum Gasteiger partial charge on any atom is 0.251 e. The third kappa shape index (κ3) is 5.16. The highest BCUT2D eigenvalue weighted by Gasteiger charge is 2.39. The molecule has 3 aromatic rings. The molecule has 0 radical (unpaired) electrons. The highest BCUT2D eigenvalue weighted by Crippen LogP contribution is 2.26. The number of rotatable bonds is 7. The Morgan fingerprint density at radius 1 is 1.10 bits per heavy atom. The summed E-state index contributed by atoms with van der Waals surface area (Å²) in [6.45, 7) is 2.98. The molecular formula is C23H25N5O3. The van der Waals surface area contributed by atoms with Gasteiger partial charge in [-0.3, -0.25) is 14.7 Å². The fourth-order valence-corrected chi connectivity index (χ4v) is 3.70. The van der Waals surface area contributed by atoms with Gasteiger partial charge >= 0.3 is 0 Å². The van der Waals surface area contributed by atoms with Gasteiger partial charge in [-0.05, 0) is 24.6 Å². The SMILES string of the molecule is Cc1nc([C@@H]2CN(C(=O)COCc3ccccc3)C[C@H]2NC(=O)c2ccccc2)n[nH]1. The van der Waals surface area contributed by atoms with E-state index in [1.165, 1.54) is 0 Å². The molecule has 0 bridgehead atoms. The van der Waals surface area contributed by atoms with Crippen molar-refractivity contribution in [1.82, 2.24) is 25.4 Å². The van der Waals surface area contributed by atoms with Gasteiger partial charge in [0, 0.05) is 18.7 Å². The molecule has 2 heterocycles. The van der Waals surface area contributed by atoms with Gasteiger partial charge in [-0.15, -0.1) is 0 Å². The van der Waals surface area contributed by atoms with E-state index in [0.717, 1.165) is 5.56 Å². The summed E-state index contributed by atoms with van der Waals surface area (Å²) in [5.74, 6) is 0.785. The van der Waals surface area contributed by atoms with E-state index in [9.17, 15) is 9.59 Å². The molecule has 0 unspecified atom stereocenters. The summed E-state index contributed by atoms with van der Waals surface area (Å²) in [5.41, 5.74) is 1.59. The Hall–Kier alpha value is -3.52. The van der Waals surface area contributed by atoms with Crippen molar-refractivity contribution in [1.29, 1.82) is 0 Å². The first-order valence-electron chi connectivity index (χ1n) is 10.2. The standard InChI is InChI=1S/C23H25N5O3/c1-16-24-22(27-26-16)19-12-28(21(29)15-31-14-17-8-4-2-5-9-17)13-20(19)25-23(30)18-10-6-3-7-11-18/h2-11,19-20H,12-15H2,1H3,(H,25,30)(H,24,26,27)/t19-,20-/m1/s1. The van der Waals surface area contributed by atoms with E-state index < -0.39 is 0 Å². The van der Waals surface area contributed by atoms with Crippen molar-refractivity contribution in [3.8, 4) is 0 Å². The summed E-state index contributed by atoms with van der Waals surface area (Å²) in [6, 6.07) is 18.4. The molecule has 31 heavy (non-hydrogen) atoms. The molecule has 0 aliphatic carbocycles. The van der Waals surface area contributed by atoms with E-state index in [2.05, 4.69) is 20.5 Å². The zero-order chi connectivity index (χ0) is 21.6. The maximum absolute atomic E-state index is 12.8. The molecule has 2 N–H and O–H groups in total. The molecule has 4 rings (SSSR count). The van der Waals surface area contributed by atoms with E-state index in [0.29, 0.717) is 36.9 Å². The largest absolute Gasteiger partial charge is 0.367 e. The number of amides is 2. The maximum atomic E-state index is 12.8. The number of carbonyl (C=O) groups is 2. The molecule has 1 aromatic heterocycles. The molecule has 8 heteroatoms. The van der Waals surface area contributed by atoms with Crippen molar-refractivity contribution in [2.45, 2.75) is 25.5 Å². The fourth-order valence-electron chi connectivity index (χ4n) is 3.70. The number of nitrogens with one attached hydrogen (secondary N) is 2. The van der Waals surface area contributed by atoms with Gasteiger partial charge in [0.25, 0.3) is 5.91 Å². The average molecular weight is 419 g/mol. The second-order valence-electron chi connectivity index (χ2n) is 7.61. The zero-order valence-electron chi connectivity index (χ0n) is 17.3. The van der Waals surface area contributed by atoms with E-state index in [1.807, 2.05) is 55.5 Å². The van der Waals surface area contributed by atoms with Crippen molar-refractivity contribution in [2.24, 2.45) is 0 Å². The number of hydrogen-bond acceptors (Lipinski definition) is 5.